The van der Waals surface area contributed by atoms with Crippen molar-refractivity contribution in [1.29, 1.82) is 0 Å². The fourth-order valence-corrected chi connectivity index (χ4v) is 4.30. The minimum atomic E-state index is -3.79. The van der Waals surface area contributed by atoms with Gasteiger partial charge in [0.05, 0.1) is 13.2 Å². The molecular formula is C20H22N5O5P. The monoisotopic (exact) mass is 443 g/mol. The number of nitrogens with two attached hydrogens (primary N) is 2. The fraction of sp³-hybridized carbons (Fsp3) is 0.250. The van der Waals surface area contributed by atoms with E-state index in [9.17, 15) is 4.57 Å². The molecule has 31 heavy (non-hydrogen) atoms. The highest BCUT2D eigenvalue weighted by atomic mass is 31.2. The largest absolute Gasteiger partial charge is 0.424 e. The Balaban J connectivity index is 1.68. The van der Waals surface area contributed by atoms with E-state index < -0.39 is 7.60 Å². The molecule has 0 unspecified atom stereocenters. The Morgan fingerprint density at radius 2 is 1.23 bits per heavy atom. The Bertz CT molecular complexity index is 1040. The smallest absolute Gasteiger partial charge is 0.398 e. The lowest BCUT2D eigenvalue weighted by molar-refractivity contribution is 0.0456. The van der Waals surface area contributed by atoms with E-state index in [4.69, 9.17) is 30.0 Å². The molecule has 0 amide bonds. The van der Waals surface area contributed by atoms with Gasteiger partial charge in [-0.25, -0.2) is 0 Å². The summed E-state index contributed by atoms with van der Waals surface area (Å²) >= 11 is 0. The second-order valence-corrected chi connectivity index (χ2v) is 9.66. The number of nitrogens with zero attached hydrogens (tertiary/aromatic N) is 3. The van der Waals surface area contributed by atoms with Crippen LogP contribution in [0.3, 0.4) is 0 Å². The quantitative estimate of drug-likeness (QED) is 0.444. The van der Waals surface area contributed by atoms with Gasteiger partial charge in [0.2, 0.25) is 0 Å². The third kappa shape index (κ3) is 5.11. The van der Waals surface area contributed by atoms with Crippen LogP contribution in [-0.2, 0) is 13.6 Å². The Kier molecular flexibility index (Phi) is 5.53. The van der Waals surface area contributed by atoms with Gasteiger partial charge < -0.3 is 30.0 Å². The molecular weight excluding hydrogens is 421 g/mol. The molecule has 1 aliphatic rings. The standard InChI is InChI=1S/C20H22N5O5P/c1-20(2)11-27-31(26,28-12-20)19-24-17(29-15-7-3-13(21)4-8-15)23-18(25-19)30-16-9-5-14(22)6-10-16/h3-10H,11-12,21-22H2,1-2H3. The van der Waals surface area contributed by atoms with Crippen LogP contribution in [0.5, 0.6) is 23.5 Å². The van der Waals surface area contributed by atoms with Crippen molar-refractivity contribution in [1.82, 2.24) is 15.0 Å². The molecule has 2 aromatic carbocycles. The molecule has 10 nitrogen and oxygen atoms in total. The second kappa shape index (κ2) is 8.14. The normalized spacial score (nSPS) is 17.1. The highest BCUT2D eigenvalue weighted by Crippen LogP contribution is 2.52. The van der Waals surface area contributed by atoms with Crippen molar-refractivity contribution >= 4 is 24.5 Å². The SMILES string of the molecule is CC1(C)COP(=O)(c2nc(Oc3ccc(N)cc3)nc(Oc3ccc(N)cc3)n2)OC1. The van der Waals surface area contributed by atoms with Crippen molar-refractivity contribution in [2.24, 2.45) is 5.41 Å². The summed E-state index contributed by atoms with van der Waals surface area (Å²) < 4.78 is 35.8. The Morgan fingerprint density at radius 3 is 1.65 bits per heavy atom. The molecule has 11 heteroatoms. The topological polar surface area (TPSA) is 145 Å². The maximum absolute atomic E-state index is 13.3. The van der Waals surface area contributed by atoms with Crippen LogP contribution in [0.2, 0.25) is 0 Å². The molecule has 0 saturated carbocycles. The average Bonchev–Trinajstić information content (AvgIpc) is 2.74. The van der Waals surface area contributed by atoms with E-state index in [2.05, 4.69) is 15.0 Å². The van der Waals surface area contributed by atoms with Crippen LogP contribution in [0.15, 0.2) is 48.5 Å². The zero-order valence-corrected chi connectivity index (χ0v) is 17.9. The molecule has 4 N–H and O–H groups in total. The molecule has 0 bridgehead atoms. The number of aromatic nitrogens is 3. The van der Waals surface area contributed by atoms with Gasteiger partial charge in [-0.15, -0.1) is 4.98 Å². The number of ether oxygens (including phenoxy) is 2. The third-order valence-corrected chi connectivity index (χ3v) is 5.88. The van der Waals surface area contributed by atoms with Gasteiger partial charge in [0, 0.05) is 16.8 Å². The van der Waals surface area contributed by atoms with Crippen LogP contribution < -0.4 is 26.5 Å². The summed E-state index contributed by atoms with van der Waals surface area (Å²) in [5.74, 6) is 0.851. The summed E-state index contributed by atoms with van der Waals surface area (Å²) in [5, 5.41) is 0. The van der Waals surface area contributed by atoms with E-state index >= 15 is 0 Å². The molecule has 1 saturated heterocycles. The van der Waals surface area contributed by atoms with Crippen molar-refractivity contribution < 1.29 is 23.1 Å². The molecule has 1 fully saturated rings. The van der Waals surface area contributed by atoms with Crippen molar-refractivity contribution in [2.45, 2.75) is 13.8 Å². The van der Waals surface area contributed by atoms with Gasteiger partial charge in [0.15, 0.2) is 0 Å². The van der Waals surface area contributed by atoms with Crippen LogP contribution in [-0.4, -0.2) is 28.2 Å². The molecule has 1 aliphatic heterocycles. The number of benzene rings is 2. The van der Waals surface area contributed by atoms with Gasteiger partial charge in [0.25, 0.3) is 5.57 Å². The van der Waals surface area contributed by atoms with Gasteiger partial charge in [0.1, 0.15) is 11.5 Å². The van der Waals surface area contributed by atoms with E-state index in [1.54, 1.807) is 48.5 Å². The molecule has 4 rings (SSSR count). The molecule has 0 radical (unpaired) electrons. The molecule has 0 atom stereocenters. The minimum absolute atomic E-state index is 0.132. The van der Waals surface area contributed by atoms with E-state index in [0.29, 0.717) is 22.9 Å². The molecule has 162 valence electrons. The maximum Gasteiger partial charge on any atom is 0.398 e. The first-order chi connectivity index (χ1) is 14.7. The number of anilines is 2. The zero-order valence-electron chi connectivity index (χ0n) is 17.0. The van der Waals surface area contributed by atoms with Gasteiger partial charge in [-0.05, 0) is 48.5 Å². The summed E-state index contributed by atoms with van der Waals surface area (Å²) in [7, 11) is -3.79. The predicted octanol–water partition coefficient (Wildman–Crippen LogP) is 3.51. The van der Waals surface area contributed by atoms with Crippen molar-refractivity contribution in [3.63, 3.8) is 0 Å². The average molecular weight is 443 g/mol. The van der Waals surface area contributed by atoms with Crippen LogP contribution in [0.25, 0.3) is 0 Å². The number of hydrogen-bond donors (Lipinski definition) is 2. The third-order valence-electron chi connectivity index (χ3n) is 4.26. The van der Waals surface area contributed by atoms with E-state index in [0.717, 1.165) is 0 Å². The highest BCUT2D eigenvalue weighted by Gasteiger charge is 2.41. The predicted molar refractivity (Wildman–Crippen MR) is 115 cm³/mol. The lowest BCUT2D eigenvalue weighted by atomic mass is 9.97. The maximum atomic E-state index is 13.3. The van der Waals surface area contributed by atoms with Gasteiger partial charge in [-0.2, -0.15) is 9.97 Å². The summed E-state index contributed by atoms with van der Waals surface area (Å²) in [4.78, 5) is 12.5. The Hall–Kier alpha value is -3.20. The van der Waals surface area contributed by atoms with Crippen molar-refractivity contribution in [3.8, 4) is 23.5 Å². The van der Waals surface area contributed by atoms with Crippen LogP contribution >= 0.6 is 7.60 Å². The first kappa shape index (κ1) is 21.0. The van der Waals surface area contributed by atoms with E-state index in [-0.39, 0.29) is 36.2 Å². The van der Waals surface area contributed by atoms with Crippen LogP contribution in [0, 0.1) is 5.41 Å². The van der Waals surface area contributed by atoms with Crippen molar-refractivity contribution in [2.75, 3.05) is 24.7 Å². The van der Waals surface area contributed by atoms with Gasteiger partial charge in [-0.1, -0.05) is 13.8 Å². The highest BCUT2D eigenvalue weighted by molar-refractivity contribution is 7.61. The first-order valence-electron chi connectivity index (χ1n) is 9.43. The lowest BCUT2D eigenvalue weighted by Gasteiger charge is -2.33. The number of rotatable bonds is 5. The minimum Gasteiger partial charge on any atom is -0.424 e. The zero-order chi connectivity index (χ0) is 22.1. The number of hydrogen-bond acceptors (Lipinski definition) is 10. The fourth-order valence-electron chi connectivity index (χ4n) is 2.54. The van der Waals surface area contributed by atoms with E-state index in [1.165, 1.54) is 0 Å². The lowest BCUT2D eigenvalue weighted by Crippen LogP contribution is -2.33. The van der Waals surface area contributed by atoms with Crippen LogP contribution in [0.4, 0.5) is 11.4 Å². The molecule has 3 aromatic rings. The summed E-state index contributed by atoms with van der Waals surface area (Å²) in [6, 6.07) is 13.0. The first-order valence-corrected chi connectivity index (χ1v) is 11.0. The Labute approximate surface area is 179 Å². The van der Waals surface area contributed by atoms with Gasteiger partial charge in [-0.3, -0.25) is 4.57 Å². The van der Waals surface area contributed by atoms with Crippen LogP contribution in [0.1, 0.15) is 13.8 Å². The Morgan fingerprint density at radius 1 is 0.806 bits per heavy atom. The van der Waals surface area contributed by atoms with Gasteiger partial charge >= 0.3 is 19.6 Å². The molecule has 1 aromatic heterocycles. The summed E-state index contributed by atoms with van der Waals surface area (Å²) in [6.45, 7) is 4.32. The second-order valence-electron chi connectivity index (χ2n) is 7.75. The van der Waals surface area contributed by atoms with E-state index in [1.807, 2.05) is 13.8 Å². The molecule has 0 aliphatic carbocycles. The molecule has 2 heterocycles. The molecule has 0 spiro atoms. The summed E-state index contributed by atoms with van der Waals surface area (Å²) in [6.07, 6.45) is 0. The summed E-state index contributed by atoms with van der Waals surface area (Å²) in [5.41, 5.74) is 12.1. The van der Waals surface area contributed by atoms with Crippen molar-refractivity contribution in [3.05, 3.63) is 48.5 Å². The number of nitrogen functional groups attached to an aromatic ring is 2.